The first-order chi connectivity index (χ1) is 3.39. The molecule has 0 fully saturated rings. The minimum Gasteiger partial charge on any atom is -0.0856 e. The summed E-state index contributed by atoms with van der Waals surface area (Å²) in [4.78, 5) is 0. The van der Waals surface area contributed by atoms with Gasteiger partial charge in [-0.25, -0.2) is 0 Å². The van der Waals surface area contributed by atoms with Crippen molar-refractivity contribution in [1.29, 1.82) is 0 Å². The van der Waals surface area contributed by atoms with Crippen molar-refractivity contribution in [3.05, 3.63) is 11.6 Å². The molecule has 0 aromatic rings. The van der Waals surface area contributed by atoms with E-state index in [4.69, 9.17) is 0 Å². The molecule has 0 bridgehead atoms. The van der Waals surface area contributed by atoms with E-state index in [-0.39, 0.29) is 5.71 Å². The molecule has 1 rings (SSSR count). The second kappa shape index (κ2) is 2.15. The van der Waals surface area contributed by atoms with Crippen molar-refractivity contribution in [3.8, 4) is 0 Å². The minimum absolute atomic E-state index is 0. The van der Waals surface area contributed by atoms with Crippen LogP contribution in [0.5, 0.6) is 0 Å². The first-order valence-electron chi connectivity index (χ1n) is 3.05. The summed E-state index contributed by atoms with van der Waals surface area (Å²) in [5, 5.41) is 0. The van der Waals surface area contributed by atoms with Crippen molar-refractivity contribution in [2.75, 3.05) is 0 Å². The van der Waals surface area contributed by atoms with Crippen LogP contribution in [0.3, 0.4) is 0 Å². The van der Waals surface area contributed by atoms with Crippen molar-refractivity contribution in [1.82, 2.24) is 0 Å². The van der Waals surface area contributed by atoms with Crippen LogP contribution in [0.4, 0.5) is 0 Å². The van der Waals surface area contributed by atoms with Gasteiger partial charge in [-0.15, -0.1) is 0 Å². The molecular weight excluding hydrogens is 84.1 g/mol. The molecule has 0 unspecified atom stereocenters. The highest BCUT2D eigenvalue weighted by Crippen LogP contribution is 2.15. The zero-order chi connectivity index (χ0) is 5.11. The van der Waals surface area contributed by atoms with Gasteiger partial charge in [-0.3, -0.25) is 0 Å². The molecule has 0 N–H and O–H groups in total. The van der Waals surface area contributed by atoms with Gasteiger partial charge in [0.25, 0.3) is 0 Å². The summed E-state index contributed by atoms with van der Waals surface area (Å²) >= 11 is 0. The fourth-order valence-corrected chi connectivity index (χ4v) is 0.999. The van der Waals surface area contributed by atoms with Gasteiger partial charge in [0.15, 0.2) is 0 Å². The van der Waals surface area contributed by atoms with Crippen molar-refractivity contribution in [2.24, 2.45) is 0 Å². The molecule has 1 aliphatic carbocycles. The SMILES string of the molecule is CC1=CCCCC1.[HH].[HH].[HH].[HH]. The van der Waals surface area contributed by atoms with E-state index in [2.05, 4.69) is 13.0 Å². The Labute approximate surface area is 51.2 Å². The molecule has 0 amide bonds. The lowest BCUT2D eigenvalue weighted by Gasteiger charge is -2.05. The largest absolute Gasteiger partial charge is 0.0856 e. The molecule has 0 aliphatic heterocycles. The number of hydrogen-bond acceptors (Lipinski definition) is 0. The number of hydrogen-bond donors (Lipinski definition) is 0. The first-order valence-corrected chi connectivity index (χ1v) is 3.05. The Morgan fingerprint density at radius 3 is 2.71 bits per heavy atom. The Bertz CT molecular complexity index is 90.4. The Hall–Kier alpha value is -0.260. The van der Waals surface area contributed by atoms with Gasteiger partial charge in [0.2, 0.25) is 0 Å². The molecule has 0 nitrogen and oxygen atoms in total. The third-order valence-corrected chi connectivity index (χ3v) is 1.52. The molecule has 0 aromatic heterocycles. The Morgan fingerprint density at radius 2 is 2.43 bits per heavy atom. The Kier molecular flexibility index (Phi) is 1.50. The maximum atomic E-state index is 2.35. The van der Waals surface area contributed by atoms with E-state index >= 15 is 0 Å². The van der Waals surface area contributed by atoms with Crippen molar-refractivity contribution >= 4 is 0 Å². The summed E-state index contributed by atoms with van der Waals surface area (Å²) in [6.07, 6.45) is 7.86. The van der Waals surface area contributed by atoms with E-state index in [0.29, 0.717) is 0 Å². The lowest BCUT2D eigenvalue weighted by Crippen LogP contribution is -1.85. The lowest BCUT2D eigenvalue weighted by molar-refractivity contribution is 0.702. The Balaban J connectivity index is -0.0000000612. The number of allylic oxidation sites excluding steroid dienone is 2. The monoisotopic (exact) mass is 104 g/mol. The normalized spacial score (nSPS) is 21.6. The van der Waals surface area contributed by atoms with Crippen LogP contribution in [0.1, 0.15) is 38.3 Å². The molecule has 0 heteroatoms. The van der Waals surface area contributed by atoms with Crippen molar-refractivity contribution in [3.63, 3.8) is 0 Å². The maximum Gasteiger partial charge on any atom is 0 e. The van der Waals surface area contributed by atoms with E-state index in [1.807, 2.05) is 0 Å². The summed E-state index contributed by atoms with van der Waals surface area (Å²) in [7, 11) is 0. The first kappa shape index (κ1) is 4.89. The van der Waals surface area contributed by atoms with Crippen LogP contribution in [-0.2, 0) is 0 Å². The molecule has 48 valence electrons. The molecule has 0 saturated carbocycles. The van der Waals surface area contributed by atoms with Gasteiger partial charge in [0.1, 0.15) is 0 Å². The summed E-state index contributed by atoms with van der Waals surface area (Å²) in [6, 6.07) is 0. The second-order valence-corrected chi connectivity index (χ2v) is 2.30. The molecule has 0 aromatic carbocycles. The maximum absolute atomic E-state index is 2.35. The highest BCUT2D eigenvalue weighted by Gasteiger charge is 1.95. The van der Waals surface area contributed by atoms with Crippen LogP contribution < -0.4 is 0 Å². The van der Waals surface area contributed by atoms with E-state index < -0.39 is 0 Å². The Morgan fingerprint density at radius 1 is 1.57 bits per heavy atom. The van der Waals surface area contributed by atoms with Gasteiger partial charge in [-0.05, 0) is 32.6 Å². The van der Waals surface area contributed by atoms with Gasteiger partial charge in [0, 0.05) is 5.71 Å². The fourth-order valence-electron chi connectivity index (χ4n) is 0.999. The molecule has 0 atom stereocenters. The van der Waals surface area contributed by atoms with Crippen molar-refractivity contribution in [2.45, 2.75) is 32.6 Å². The van der Waals surface area contributed by atoms with Gasteiger partial charge in [0.05, 0.1) is 0 Å². The molecular formula is C7H20. The van der Waals surface area contributed by atoms with Crippen LogP contribution in [0.15, 0.2) is 11.6 Å². The van der Waals surface area contributed by atoms with E-state index in [1.165, 1.54) is 25.7 Å². The molecule has 0 saturated heterocycles. The standard InChI is InChI=1S/C7H12.4H2/c1-7-5-3-2-4-6-7;;;;/h5H,2-4,6H2,1H3;4*1H. The molecule has 0 spiro atoms. The average Bonchev–Trinajstić information content (AvgIpc) is 1.69. The smallest absolute Gasteiger partial charge is 0 e. The zero-order valence-electron chi connectivity index (χ0n) is 4.91. The summed E-state index contributed by atoms with van der Waals surface area (Å²) < 4.78 is 0. The van der Waals surface area contributed by atoms with Gasteiger partial charge in [-0.1, -0.05) is 11.6 Å². The molecule has 1 aliphatic rings. The van der Waals surface area contributed by atoms with Gasteiger partial charge < -0.3 is 0 Å². The molecule has 0 radical (unpaired) electrons. The lowest BCUT2D eigenvalue weighted by atomic mass is 10.0. The number of rotatable bonds is 0. The van der Waals surface area contributed by atoms with E-state index in [9.17, 15) is 0 Å². The quantitative estimate of drug-likeness (QED) is 0.413. The van der Waals surface area contributed by atoms with E-state index in [0.717, 1.165) is 0 Å². The van der Waals surface area contributed by atoms with E-state index in [1.54, 1.807) is 5.57 Å². The molecule has 0 heterocycles. The summed E-state index contributed by atoms with van der Waals surface area (Å²) in [5.74, 6) is 0. The topological polar surface area (TPSA) is 0 Å². The average molecular weight is 104 g/mol. The molecule has 7 heavy (non-hydrogen) atoms. The van der Waals surface area contributed by atoms with Crippen LogP contribution in [0.2, 0.25) is 0 Å². The summed E-state index contributed by atoms with van der Waals surface area (Å²) in [6.45, 7) is 2.22. The predicted octanol–water partition coefficient (Wildman–Crippen LogP) is 3.49. The summed E-state index contributed by atoms with van der Waals surface area (Å²) in [5.41, 5.74) is 1.59. The highest BCUT2D eigenvalue weighted by atomic mass is 14.0. The van der Waals surface area contributed by atoms with Crippen molar-refractivity contribution < 1.29 is 5.71 Å². The fraction of sp³-hybridized carbons (Fsp3) is 0.714. The van der Waals surface area contributed by atoms with Crippen LogP contribution in [0, 0.1) is 0 Å². The predicted molar refractivity (Wildman–Crippen MR) is 40.7 cm³/mol. The van der Waals surface area contributed by atoms with Gasteiger partial charge >= 0.3 is 0 Å². The van der Waals surface area contributed by atoms with Crippen LogP contribution >= 0.6 is 0 Å². The second-order valence-electron chi connectivity index (χ2n) is 2.30. The highest BCUT2D eigenvalue weighted by molar-refractivity contribution is 5.00. The van der Waals surface area contributed by atoms with Gasteiger partial charge in [-0.2, -0.15) is 0 Å². The third kappa shape index (κ3) is 1.34. The minimum atomic E-state index is 0. The third-order valence-electron chi connectivity index (χ3n) is 1.52. The zero-order valence-corrected chi connectivity index (χ0v) is 4.91. The van der Waals surface area contributed by atoms with Crippen LogP contribution in [-0.4, -0.2) is 0 Å². The van der Waals surface area contributed by atoms with Crippen LogP contribution in [0.25, 0.3) is 0 Å².